The summed E-state index contributed by atoms with van der Waals surface area (Å²) in [6, 6.07) is 9.78. The molecule has 0 spiro atoms. The van der Waals surface area contributed by atoms with Gasteiger partial charge in [0.25, 0.3) is 5.89 Å². The molecule has 0 saturated carbocycles. The monoisotopic (exact) mass is 762 g/mol. The minimum Gasteiger partial charge on any atom is -0.461 e. The van der Waals surface area contributed by atoms with Crippen molar-refractivity contribution >= 4 is 51.1 Å². The third-order valence-corrected chi connectivity index (χ3v) is 11.0. The van der Waals surface area contributed by atoms with Gasteiger partial charge in [0.1, 0.15) is 41.6 Å². The Balaban J connectivity index is 1.13. The highest BCUT2D eigenvalue weighted by Crippen LogP contribution is 2.41. The highest BCUT2D eigenvalue weighted by atomic mass is 35.5. The number of aromatic nitrogens is 5. The Hall–Kier alpha value is -4.86. The van der Waals surface area contributed by atoms with Crippen molar-refractivity contribution in [3.05, 3.63) is 71.2 Å². The van der Waals surface area contributed by atoms with Crippen LogP contribution in [-0.2, 0) is 10.4 Å². The third kappa shape index (κ3) is 6.51. The number of fused-ring (bicyclic) bond motifs is 3. The number of carbonyl (C=O) groups excluding carboxylic acids is 1. The van der Waals surface area contributed by atoms with Crippen molar-refractivity contribution in [3.63, 3.8) is 0 Å². The van der Waals surface area contributed by atoms with Gasteiger partial charge in [-0.25, -0.2) is 13.2 Å². The van der Waals surface area contributed by atoms with Crippen molar-refractivity contribution in [1.82, 2.24) is 34.9 Å². The van der Waals surface area contributed by atoms with Crippen molar-refractivity contribution in [2.24, 2.45) is 0 Å². The number of likely N-dealkylation sites (N-methyl/N-ethyl adjacent to an activating group) is 1. The quantitative estimate of drug-likeness (QED) is 0.180. The number of ether oxygens (including phenoxy) is 1. The molecule has 54 heavy (non-hydrogen) atoms. The number of carbonyl (C=O) groups is 1. The predicted octanol–water partition coefficient (Wildman–Crippen LogP) is 5.90. The van der Waals surface area contributed by atoms with Crippen LogP contribution in [0.1, 0.15) is 44.8 Å². The number of rotatable bonds is 9. The van der Waals surface area contributed by atoms with Gasteiger partial charge in [-0.1, -0.05) is 47.1 Å². The van der Waals surface area contributed by atoms with Gasteiger partial charge in [-0.2, -0.15) is 15.0 Å². The second kappa shape index (κ2) is 13.8. The molecular formula is C38H38ClF3N8O4. The van der Waals surface area contributed by atoms with E-state index in [1.807, 2.05) is 18.2 Å². The molecule has 4 atom stereocenters. The lowest BCUT2D eigenvalue weighted by Crippen LogP contribution is -2.43. The van der Waals surface area contributed by atoms with E-state index < -0.39 is 41.2 Å². The molecule has 3 aliphatic heterocycles. The molecule has 3 aliphatic rings. The molecule has 8 rings (SSSR count). The summed E-state index contributed by atoms with van der Waals surface area (Å²) in [4.78, 5) is 35.9. The Labute approximate surface area is 313 Å². The van der Waals surface area contributed by atoms with Crippen LogP contribution in [0, 0.1) is 5.82 Å². The number of aliphatic hydroxyl groups is 1. The summed E-state index contributed by atoms with van der Waals surface area (Å²) < 4.78 is 58.6. The number of anilines is 1. The first-order chi connectivity index (χ1) is 25.8. The average Bonchev–Trinajstić information content (AvgIpc) is 3.93. The lowest BCUT2D eigenvalue weighted by molar-refractivity contribution is -0.125. The molecule has 0 bridgehead atoms. The Bertz CT molecular complexity index is 2280. The van der Waals surface area contributed by atoms with Gasteiger partial charge in [0.05, 0.1) is 23.5 Å². The summed E-state index contributed by atoms with van der Waals surface area (Å²) in [5, 5.41) is 15.9. The molecule has 12 nitrogen and oxygen atoms in total. The van der Waals surface area contributed by atoms with Crippen molar-refractivity contribution in [2.75, 3.05) is 44.7 Å². The number of hydrogen-bond acceptors (Lipinski definition) is 11. The fourth-order valence-electron chi connectivity index (χ4n) is 7.93. The molecule has 1 unspecified atom stereocenters. The van der Waals surface area contributed by atoms with Gasteiger partial charge < -0.3 is 24.2 Å². The van der Waals surface area contributed by atoms with E-state index in [-0.39, 0.29) is 59.8 Å². The largest absolute Gasteiger partial charge is 0.461 e. The van der Waals surface area contributed by atoms with Gasteiger partial charge in [-0.15, -0.1) is 0 Å². The van der Waals surface area contributed by atoms with Gasteiger partial charge in [0.15, 0.2) is 5.82 Å². The molecule has 2 aromatic carbocycles. The van der Waals surface area contributed by atoms with Crippen LogP contribution in [0.3, 0.4) is 0 Å². The summed E-state index contributed by atoms with van der Waals surface area (Å²) in [6.07, 6.45) is 3.42. The van der Waals surface area contributed by atoms with Crippen LogP contribution in [-0.4, -0.2) is 110 Å². The highest BCUT2D eigenvalue weighted by molar-refractivity contribution is 6.36. The molecular weight excluding hydrogens is 725 g/mol. The smallest absolute Gasteiger partial charge is 0.319 e. The summed E-state index contributed by atoms with van der Waals surface area (Å²) >= 11 is 6.60. The molecule has 1 amide bonds. The lowest BCUT2D eigenvalue weighted by Gasteiger charge is -2.31. The van der Waals surface area contributed by atoms with Crippen molar-refractivity contribution in [3.8, 4) is 17.3 Å². The van der Waals surface area contributed by atoms with E-state index in [1.165, 1.54) is 37.1 Å². The number of benzene rings is 2. The molecule has 16 heteroatoms. The summed E-state index contributed by atoms with van der Waals surface area (Å²) in [5.74, 6) is -1.03. The predicted molar refractivity (Wildman–Crippen MR) is 196 cm³/mol. The van der Waals surface area contributed by atoms with E-state index in [4.69, 9.17) is 20.9 Å². The van der Waals surface area contributed by atoms with E-state index in [0.29, 0.717) is 28.9 Å². The van der Waals surface area contributed by atoms with Crippen LogP contribution >= 0.6 is 11.6 Å². The Morgan fingerprint density at radius 1 is 1.17 bits per heavy atom. The summed E-state index contributed by atoms with van der Waals surface area (Å²) in [6.45, 7) is 3.94. The molecule has 282 valence electrons. The molecule has 0 radical (unpaired) electrons. The van der Waals surface area contributed by atoms with Gasteiger partial charge in [0, 0.05) is 60.9 Å². The van der Waals surface area contributed by atoms with Crippen LogP contribution in [0.5, 0.6) is 6.01 Å². The molecule has 3 aromatic heterocycles. The first-order valence-corrected chi connectivity index (χ1v) is 18.2. The van der Waals surface area contributed by atoms with E-state index in [0.717, 1.165) is 24.8 Å². The first-order valence-electron chi connectivity index (χ1n) is 17.8. The fraction of sp³-hybridized carbons (Fsp3) is 0.421. The Kier molecular flexibility index (Phi) is 9.21. The Morgan fingerprint density at radius 3 is 2.74 bits per heavy atom. The number of alkyl halides is 2. The summed E-state index contributed by atoms with van der Waals surface area (Å²) in [5.41, 5.74) is -1.47. The highest BCUT2D eigenvalue weighted by Gasteiger charge is 2.49. The normalized spacial score (nSPS) is 23.3. The Morgan fingerprint density at radius 2 is 1.96 bits per heavy atom. The molecule has 0 aliphatic carbocycles. The SMILES string of the molecule is CN(c1nc(OC[C@@]23CCCN2C[C@H](F)C3)nc2c(F)c(-c3cccc4cccc(Cl)c34)ncc12)C1CN(C(=O)/C=C/c2nc(C(C)(C)O)no2)C[C@H]1F. The summed E-state index contributed by atoms with van der Waals surface area (Å²) in [7, 11) is 1.61. The van der Waals surface area contributed by atoms with Gasteiger partial charge in [0.2, 0.25) is 11.7 Å². The van der Waals surface area contributed by atoms with Crippen molar-refractivity contribution in [1.29, 1.82) is 0 Å². The van der Waals surface area contributed by atoms with Crippen LogP contribution < -0.4 is 9.64 Å². The zero-order chi connectivity index (χ0) is 37.9. The molecule has 3 fully saturated rings. The number of likely N-dealkylation sites (tertiary alicyclic amines) is 1. The lowest BCUT2D eigenvalue weighted by atomic mass is 9.95. The second-order valence-electron chi connectivity index (χ2n) is 14.8. The van der Waals surface area contributed by atoms with Gasteiger partial charge in [-0.05, 0) is 44.7 Å². The van der Waals surface area contributed by atoms with Crippen LogP contribution in [0.4, 0.5) is 19.0 Å². The number of nitrogens with zero attached hydrogens (tertiary/aromatic N) is 8. The third-order valence-electron chi connectivity index (χ3n) is 10.7. The minimum absolute atomic E-state index is 0.00435. The minimum atomic E-state index is -1.51. The van der Waals surface area contributed by atoms with Crippen LogP contribution in [0.25, 0.3) is 39.0 Å². The van der Waals surface area contributed by atoms with Crippen LogP contribution in [0.15, 0.2) is 53.2 Å². The maximum absolute atomic E-state index is 16.9. The first kappa shape index (κ1) is 36.1. The van der Waals surface area contributed by atoms with Crippen molar-refractivity contribution < 1.29 is 32.3 Å². The van der Waals surface area contributed by atoms with Gasteiger partial charge >= 0.3 is 6.01 Å². The zero-order valence-electron chi connectivity index (χ0n) is 29.8. The average molecular weight is 763 g/mol. The van der Waals surface area contributed by atoms with E-state index in [2.05, 4.69) is 30.0 Å². The van der Waals surface area contributed by atoms with Crippen molar-refractivity contribution in [2.45, 2.75) is 62.6 Å². The maximum atomic E-state index is 16.9. The molecule has 6 heterocycles. The standard InChI is InChI=1S/C38H38ClF3N8O4/c1-37(2,52)35-44-28(54-47-35)11-12-29(51)49-18-26(41)27(19-49)48(3)34-24-16-43-32(23-9-4-7-21-8-5-10-25(39)30(21)23)31(42)33(24)45-36(46-34)53-20-38-13-6-14-50(38)17-22(40)15-38/h4-5,7-12,16,22,26-27,52H,6,13-15,17-20H2,1-3H3/b12-11+/t22-,26-,27?,38+/m1/s1. The molecule has 1 N–H and O–H groups in total. The van der Waals surface area contributed by atoms with Gasteiger partial charge in [-0.3, -0.25) is 14.7 Å². The fourth-order valence-corrected chi connectivity index (χ4v) is 8.22. The zero-order valence-corrected chi connectivity index (χ0v) is 30.6. The van der Waals surface area contributed by atoms with E-state index in [1.54, 1.807) is 30.1 Å². The number of halogens is 4. The number of amides is 1. The number of hydrogen-bond donors (Lipinski definition) is 1. The number of pyridine rings is 1. The van der Waals surface area contributed by atoms with E-state index >= 15 is 8.78 Å². The second-order valence-corrected chi connectivity index (χ2v) is 15.2. The topological polar surface area (TPSA) is 134 Å². The molecule has 5 aromatic rings. The van der Waals surface area contributed by atoms with E-state index in [9.17, 15) is 14.3 Å². The van der Waals surface area contributed by atoms with Crippen LogP contribution in [0.2, 0.25) is 5.02 Å². The molecule has 3 saturated heterocycles. The maximum Gasteiger partial charge on any atom is 0.319 e.